The van der Waals surface area contributed by atoms with Crippen molar-refractivity contribution in [3.05, 3.63) is 23.6 Å². The third-order valence-electron chi connectivity index (χ3n) is 2.08. The van der Waals surface area contributed by atoms with E-state index in [2.05, 4.69) is 10.2 Å². The molecule has 1 aromatic carbocycles. The second-order valence-corrected chi connectivity index (χ2v) is 5.64. The molecule has 15 heavy (non-hydrogen) atoms. The molecule has 0 spiro atoms. The van der Waals surface area contributed by atoms with Crippen LogP contribution >= 0.6 is 10.7 Å². The zero-order valence-corrected chi connectivity index (χ0v) is 9.16. The Bertz CT molecular complexity index is 635. The number of hydrogen-bond acceptors (Lipinski definition) is 3. The molecule has 7 heteroatoms. The number of H-pyrrole nitrogens is 1. The van der Waals surface area contributed by atoms with Crippen LogP contribution in [0, 0.1) is 12.7 Å². The number of nitrogens with one attached hydrogen (secondary N) is 1. The molecule has 1 N–H and O–H groups in total. The summed E-state index contributed by atoms with van der Waals surface area (Å²) < 4.78 is 35.9. The van der Waals surface area contributed by atoms with Gasteiger partial charge in [-0.1, -0.05) is 0 Å². The summed E-state index contributed by atoms with van der Waals surface area (Å²) in [6, 6.07) is 1.18. The van der Waals surface area contributed by atoms with E-state index in [-0.39, 0.29) is 21.4 Å². The number of fused-ring (bicyclic) bond motifs is 1. The molecule has 80 valence electrons. The van der Waals surface area contributed by atoms with Crippen LogP contribution in [-0.4, -0.2) is 18.6 Å². The van der Waals surface area contributed by atoms with Gasteiger partial charge in [-0.3, -0.25) is 5.10 Å². The summed E-state index contributed by atoms with van der Waals surface area (Å²) in [5.41, 5.74) is 0.302. The van der Waals surface area contributed by atoms with Crippen LogP contribution in [0.4, 0.5) is 4.39 Å². The van der Waals surface area contributed by atoms with E-state index < -0.39 is 14.9 Å². The predicted molar refractivity (Wildman–Crippen MR) is 53.8 cm³/mol. The number of aromatic nitrogens is 2. The molecule has 0 radical (unpaired) electrons. The van der Waals surface area contributed by atoms with Crippen molar-refractivity contribution in [1.29, 1.82) is 0 Å². The Balaban J connectivity index is 2.99. The lowest BCUT2D eigenvalue weighted by molar-refractivity contribution is 0.609. The first kappa shape index (κ1) is 10.4. The van der Waals surface area contributed by atoms with Gasteiger partial charge < -0.3 is 0 Å². The lowest BCUT2D eigenvalue weighted by atomic mass is 10.2. The molecule has 2 aromatic rings. The van der Waals surface area contributed by atoms with Gasteiger partial charge >= 0.3 is 0 Å². The summed E-state index contributed by atoms with van der Waals surface area (Å²) in [6.45, 7) is 1.47. The first-order valence-electron chi connectivity index (χ1n) is 3.98. The van der Waals surface area contributed by atoms with Crippen molar-refractivity contribution in [3.8, 4) is 0 Å². The maximum atomic E-state index is 13.5. The van der Waals surface area contributed by atoms with Gasteiger partial charge in [-0.2, -0.15) is 5.10 Å². The largest absolute Gasteiger partial charge is 0.276 e. The van der Waals surface area contributed by atoms with Crippen molar-refractivity contribution in [2.24, 2.45) is 0 Å². The zero-order chi connectivity index (χ0) is 11.2. The highest BCUT2D eigenvalue weighted by atomic mass is 35.7. The topological polar surface area (TPSA) is 62.8 Å². The number of rotatable bonds is 1. The molecule has 0 fully saturated rings. The van der Waals surface area contributed by atoms with Crippen molar-refractivity contribution < 1.29 is 12.8 Å². The molecule has 2 rings (SSSR count). The van der Waals surface area contributed by atoms with Crippen LogP contribution < -0.4 is 0 Å². The minimum absolute atomic E-state index is 0.0908. The molecule has 0 saturated carbocycles. The van der Waals surface area contributed by atoms with Crippen molar-refractivity contribution in [3.63, 3.8) is 0 Å². The Morgan fingerprint density at radius 1 is 1.53 bits per heavy atom. The van der Waals surface area contributed by atoms with Crippen LogP contribution in [0.25, 0.3) is 10.9 Å². The second-order valence-electron chi connectivity index (χ2n) is 3.10. The molecule has 0 bridgehead atoms. The smallest absolute Gasteiger partial charge is 0.263 e. The molecule has 0 amide bonds. The highest BCUT2D eigenvalue weighted by Gasteiger charge is 2.19. The molecule has 1 heterocycles. The van der Waals surface area contributed by atoms with Gasteiger partial charge in [-0.15, -0.1) is 0 Å². The lowest BCUT2D eigenvalue weighted by Crippen LogP contribution is -1.95. The molecule has 0 atom stereocenters. The van der Waals surface area contributed by atoms with Gasteiger partial charge in [-0.05, 0) is 18.6 Å². The van der Waals surface area contributed by atoms with Crippen LogP contribution in [0.2, 0.25) is 0 Å². The molecule has 0 unspecified atom stereocenters. The average Bonchev–Trinajstić information content (AvgIpc) is 2.57. The second kappa shape index (κ2) is 3.18. The summed E-state index contributed by atoms with van der Waals surface area (Å²) in [5, 5.41) is 6.12. The van der Waals surface area contributed by atoms with Crippen molar-refractivity contribution in [2.45, 2.75) is 11.8 Å². The fourth-order valence-electron chi connectivity index (χ4n) is 1.38. The van der Waals surface area contributed by atoms with Crippen LogP contribution in [-0.2, 0) is 9.05 Å². The van der Waals surface area contributed by atoms with E-state index in [4.69, 9.17) is 10.7 Å². The Labute approximate surface area is 89.5 Å². The van der Waals surface area contributed by atoms with Crippen LogP contribution in [0.15, 0.2) is 17.2 Å². The number of hydrogen-bond donors (Lipinski definition) is 1. The highest BCUT2D eigenvalue weighted by Crippen LogP contribution is 2.28. The van der Waals surface area contributed by atoms with Crippen LogP contribution in [0.1, 0.15) is 5.56 Å². The minimum Gasteiger partial charge on any atom is -0.276 e. The molecule has 1 aromatic heterocycles. The van der Waals surface area contributed by atoms with Gasteiger partial charge in [0.1, 0.15) is 10.7 Å². The molecule has 0 aliphatic carbocycles. The third-order valence-corrected chi connectivity index (χ3v) is 3.42. The van der Waals surface area contributed by atoms with Gasteiger partial charge in [0.15, 0.2) is 0 Å². The fourth-order valence-corrected chi connectivity index (χ4v) is 2.46. The number of aromatic amines is 1. The lowest BCUT2D eigenvalue weighted by Gasteiger charge is -2.02. The molecule has 0 saturated heterocycles. The van der Waals surface area contributed by atoms with Crippen LogP contribution in [0.3, 0.4) is 0 Å². The maximum Gasteiger partial charge on any atom is 0.263 e. The SMILES string of the molecule is Cc1cc(S(=O)(=O)Cl)c2[nH]ncc2c1F. The van der Waals surface area contributed by atoms with Crippen molar-refractivity contribution >= 4 is 30.6 Å². The monoisotopic (exact) mass is 248 g/mol. The highest BCUT2D eigenvalue weighted by molar-refractivity contribution is 8.14. The number of halogens is 2. The third kappa shape index (κ3) is 1.59. The van der Waals surface area contributed by atoms with Crippen molar-refractivity contribution in [2.75, 3.05) is 0 Å². The summed E-state index contributed by atoms with van der Waals surface area (Å²) in [6.07, 6.45) is 1.23. The van der Waals surface area contributed by atoms with E-state index in [1.165, 1.54) is 19.2 Å². The van der Waals surface area contributed by atoms with E-state index in [0.717, 1.165) is 0 Å². The van der Waals surface area contributed by atoms with E-state index in [9.17, 15) is 12.8 Å². The van der Waals surface area contributed by atoms with Crippen LogP contribution in [0.5, 0.6) is 0 Å². The van der Waals surface area contributed by atoms with Crippen molar-refractivity contribution in [1.82, 2.24) is 10.2 Å². The van der Waals surface area contributed by atoms with E-state index >= 15 is 0 Å². The Hall–Kier alpha value is -1.14. The molecule has 4 nitrogen and oxygen atoms in total. The predicted octanol–water partition coefficient (Wildman–Crippen LogP) is 1.94. The quantitative estimate of drug-likeness (QED) is 0.785. The normalized spacial score (nSPS) is 12.2. The van der Waals surface area contributed by atoms with Gasteiger partial charge in [0.05, 0.1) is 17.1 Å². The van der Waals surface area contributed by atoms with Gasteiger partial charge in [0.2, 0.25) is 0 Å². The van der Waals surface area contributed by atoms with E-state index in [1.807, 2.05) is 0 Å². The Morgan fingerprint density at radius 2 is 2.20 bits per heavy atom. The Morgan fingerprint density at radius 3 is 2.80 bits per heavy atom. The number of benzene rings is 1. The van der Waals surface area contributed by atoms with Gasteiger partial charge in [0, 0.05) is 10.7 Å². The van der Waals surface area contributed by atoms with Gasteiger partial charge in [0.25, 0.3) is 9.05 Å². The molecule has 0 aliphatic heterocycles. The molecule has 0 aliphatic rings. The summed E-state index contributed by atoms with van der Waals surface area (Å²) >= 11 is 0. The number of nitrogens with zero attached hydrogens (tertiary/aromatic N) is 1. The summed E-state index contributed by atoms with van der Waals surface area (Å²) in [7, 11) is 1.32. The summed E-state index contributed by atoms with van der Waals surface area (Å²) in [4.78, 5) is -0.157. The molecular formula is C8H6ClFN2O2S. The molecular weight excluding hydrogens is 243 g/mol. The first-order chi connectivity index (χ1) is 6.91. The van der Waals surface area contributed by atoms with E-state index in [0.29, 0.717) is 0 Å². The average molecular weight is 249 g/mol. The minimum atomic E-state index is -3.90. The fraction of sp³-hybridized carbons (Fsp3) is 0.125. The zero-order valence-electron chi connectivity index (χ0n) is 7.58. The maximum absolute atomic E-state index is 13.5. The van der Waals surface area contributed by atoms with Gasteiger partial charge in [-0.25, -0.2) is 12.8 Å². The standard InChI is InChI=1S/C8H6ClFN2O2S/c1-4-2-6(15(9,13)14)8-5(7(4)10)3-11-12-8/h2-3H,1H3,(H,11,12). The first-order valence-corrected chi connectivity index (χ1v) is 6.29. The number of aryl methyl sites for hydroxylation is 1. The summed E-state index contributed by atoms with van der Waals surface area (Å²) in [5.74, 6) is -0.497. The van der Waals surface area contributed by atoms with E-state index in [1.54, 1.807) is 0 Å². The Kier molecular flexibility index (Phi) is 2.20.